The summed E-state index contributed by atoms with van der Waals surface area (Å²) in [7, 11) is 0. The zero-order valence-corrected chi connectivity index (χ0v) is 10.6. The molecule has 17 heavy (non-hydrogen) atoms. The van der Waals surface area contributed by atoms with Gasteiger partial charge in [-0.3, -0.25) is 4.79 Å². The Bertz CT molecular complexity index is 395. The fourth-order valence-corrected chi connectivity index (χ4v) is 3.46. The van der Waals surface area contributed by atoms with E-state index in [1.165, 1.54) is 17.5 Å². The highest BCUT2D eigenvalue weighted by Gasteiger charge is 2.22. The molecular weight excluding hydrogens is 240 g/mol. The maximum Gasteiger partial charge on any atom is 0.325 e. The molecule has 0 amide bonds. The Morgan fingerprint density at radius 3 is 3.12 bits per heavy atom. The van der Waals surface area contributed by atoms with Crippen molar-refractivity contribution in [2.45, 2.75) is 49.6 Å². The van der Waals surface area contributed by atoms with E-state index >= 15 is 0 Å². The Balaban J connectivity index is 1.98. The molecule has 1 N–H and O–H groups in total. The van der Waals surface area contributed by atoms with Crippen LogP contribution in [0.15, 0.2) is 5.16 Å². The lowest BCUT2D eigenvalue weighted by molar-refractivity contribution is -0.138. The molecule has 6 nitrogen and oxygen atoms in total. The Morgan fingerprint density at radius 2 is 2.41 bits per heavy atom. The van der Waals surface area contributed by atoms with Gasteiger partial charge in [0, 0.05) is 5.25 Å². The van der Waals surface area contributed by atoms with Crippen molar-refractivity contribution < 1.29 is 9.90 Å². The first-order chi connectivity index (χ1) is 8.15. The number of aromatic nitrogens is 4. The quantitative estimate of drug-likeness (QED) is 0.877. The van der Waals surface area contributed by atoms with Gasteiger partial charge in [0.05, 0.1) is 0 Å². The van der Waals surface area contributed by atoms with E-state index < -0.39 is 5.97 Å². The van der Waals surface area contributed by atoms with Gasteiger partial charge < -0.3 is 5.11 Å². The number of nitrogens with zero attached hydrogens (tertiary/aromatic N) is 4. The molecule has 1 aliphatic rings. The molecule has 1 heterocycles. The van der Waals surface area contributed by atoms with Gasteiger partial charge in [-0.25, -0.2) is 4.68 Å². The topological polar surface area (TPSA) is 80.9 Å². The molecule has 2 atom stereocenters. The van der Waals surface area contributed by atoms with Crippen LogP contribution in [0, 0.1) is 5.92 Å². The summed E-state index contributed by atoms with van der Waals surface area (Å²) in [5, 5.41) is 21.0. The van der Waals surface area contributed by atoms with Crippen LogP contribution in [0.25, 0.3) is 0 Å². The highest BCUT2D eigenvalue weighted by Crippen LogP contribution is 2.34. The lowest BCUT2D eigenvalue weighted by atomic mass is 9.91. The van der Waals surface area contributed by atoms with Crippen molar-refractivity contribution in [1.29, 1.82) is 0 Å². The summed E-state index contributed by atoms with van der Waals surface area (Å²) >= 11 is 1.61. The summed E-state index contributed by atoms with van der Waals surface area (Å²) in [5.74, 6) is -0.179. The average molecular weight is 256 g/mol. The number of rotatable bonds is 4. The van der Waals surface area contributed by atoms with Gasteiger partial charge in [-0.1, -0.05) is 31.5 Å². The molecule has 0 radical (unpaired) electrons. The standard InChI is InChI=1S/C10H16N4O2S/c1-7-3-2-4-8(5-7)17-10-11-12-13-14(10)6-9(15)16/h7-8H,2-6H2,1H3,(H,15,16). The van der Waals surface area contributed by atoms with Crippen LogP contribution >= 0.6 is 11.8 Å². The minimum absolute atomic E-state index is 0.169. The molecule has 0 saturated heterocycles. The Labute approximate surface area is 104 Å². The SMILES string of the molecule is CC1CCCC(Sc2nnnn2CC(=O)O)C1. The van der Waals surface area contributed by atoms with E-state index in [0.717, 1.165) is 18.8 Å². The lowest BCUT2D eigenvalue weighted by Crippen LogP contribution is -2.17. The first-order valence-electron chi connectivity index (χ1n) is 5.79. The summed E-state index contributed by atoms with van der Waals surface area (Å²) in [5.41, 5.74) is 0. The number of aliphatic carboxylic acids is 1. The first-order valence-corrected chi connectivity index (χ1v) is 6.67. The van der Waals surface area contributed by atoms with Crippen LogP contribution in [0.5, 0.6) is 0 Å². The van der Waals surface area contributed by atoms with Gasteiger partial charge in [-0.2, -0.15) is 0 Å². The molecular formula is C10H16N4O2S. The van der Waals surface area contributed by atoms with Gasteiger partial charge in [0.15, 0.2) is 0 Å². The van der Waals surface area contributed by atoms with Crippen molar-refractivity contribution in [3.05, 3.63) is 0 Å². The smallest absolute Gasteiger partial charge is 0.325 e. The summed E-state index contributed by atoms with van der Waals surface area (Å²) in [6.07, 6.45) is 4.84. The normalized spacial score (nSPS) is 24.8. The van der Waals surface area contributed by atoms with Gasteiger partial charge in [-0.15, -0.1) is 5.10 Å². The minimum Gasteiger partial charge on any atom is -0.480 e. The van der Waals surface area contributed by atoms with Crippen molar-refractivity contribution in [3.63, 3.8) is 0 Å². The monoisotopic (exact) mass is 256 g/mol. The fraction of sp³-hybridized carbons (Fsp3) is 0.800. The van der Waals surface area contributed by atoms with Crippen LogP contribution in [0.2, 0.25) is 0 Å². The molecule has 0 aromatic carbocycles. The highest BCUT2D eigenvalue weighted by atomic mass is 32.2. The zero-order chi connectivity index (χ0) is 12.3. The molecule has 1 saturated carbocycles. The van der Waals surface area contributed by atoms with Gasteiger partial charge >= 0.3 is 5.97 Å². The molecule has 1 fully saturated rings. The molecule has 2 unspecified atom stereocenters. The predicted molar refractivity (Wildman–Crippen MR) is 62.7 cm³/mol. The molecule has 7 heteroatoms. The number of carboxylic acid groups (broad SMARTS) is 1. The number of carboxylic acids is 1. The van der Waals surface area contributed by atoms with E-state index in [1.54, 1.807) is 11.8 Å². The predicted octanol–water partition coefficient (Wildman–Crippen LogP) is 1.43. The van der Waals surface area contributed by atoms with Crippen molar-refractivity contribution in [1.82, 2.24) is 20.2 Å². The van der Waals surface area contributed by atoms with Crippen LogP contribution in [0.4, 0.5) is 0 Å². The van der Waals surface area contributed by atoms with Crippen LogP contribution in [-0.4, -0.2) is 36.5 Å². The number of carbonyl (C=O) groups is 1. The second-order valence-electron chi connectivity index (χ2n) is 4.52. The van der Waals surface area contributed by atoms with Crippen molar-refractivity contribution in [2.75, 3.05) is 0 Å². The largest absolute Gasteiger partial charge is 0.480 e. The van der Waals surface area contributed by atoms with Gasteiger partial charge in [0.25, 0.3) is 0 Å². The second kappa shape index (κ2) is 5.48. The molecule has 0 bridgehead atoms. The number of tetrazole rings is 1. The number of hydrogen-bond acceptors (Lipinski definition) is 5. The van der Waals surface area contributed by atoms with Crippen LogP contribution in [0.1, 0.15) is 32.6 Å². The first kappa shape index (κ1) is 12.3. The molecule has 1 aromatic heterocycles. The molecule has 0 aliphatic heterocycles. The van der Waals surface area contributed by atoms with E-state index in [4.69, 9.17) is 5.11 Å². The summed E-state index contributed by atoms with van der Waals surface area (Å²) < 4.78 is 1.35. The average Bonchev–Trinajstić information content (AvgIpc) is 2.65. The highest BCUT2D eigenvalue weighted by molar-refractivity contribution is 7.99. The lowest BCUT2D eigenvalue weighted by Gasteiger charge is -2.25. The van der Waals surface area contributed by atoms with E-state index in [-0.39, 0.29) is 6.54 Å². The van der Waals surface area contributed by atoms with E-state index in [0.29, 0.717) is 10.4 Å². The Hall–Kier alpha value is -1.11. The van der Waals surface area contributed by atoms with Crippen LogP contribution < -0.4 is 0 Å². The molecule has 1 aliphatic carbocycles. The van der Waals surface area contributed by atoms with Gasteiger partial charge in [0.2, 0.25) is 5.16 Å². The number of thioether (sulfide) groups is 1. The zero-order valence-electron chi connectivity index (χ0n) is 9.74. The van der Waals surface area contributed by atoms with E-state index in [1.807, 2.05) is 0 Å². The third-order valence-corrected chi connectivity index (χ3v) is 4.21. The molecule has 2 rings (SSSR count). The minimum atomic E-state index is -0.920. The molecule has 1 aromatic rings. The third kappa shape index (κ3) is 3.42. The van der Waals surface area contributed by atoms with Gasteiger partial charge in [-0.05, 0) is 29.2 Å². The van der Waals surface area contributed by atoms with Crippen molar-refractivity contribution >= 4 is 17.7 Å². The summed E-state index contributed by atoms with van der Waals surface area (Å²) in [6.45, 7) is 2.09. The Morgan fingerprint density at radius 1 is 1.59 bits per heavy atom. The third-order valence-electron chi connectivity index (χ3n) is 2.94. The van der Waals surface area contributed by atoms with E-state index in [9.17, 15) is 4.79 Å². The molecule has 0 spiro atoms. The maximum atomic E-state index is 10.6. The summed E-state index contributed by atoms with van der Waals surface area (Å²) in [4.78, 5) is 10.6. The molecule has 94 valence electrons. The van der Waals surface area contributed by atoms with Crippen LogP contribution in [0.3, 0.4) is 0 Å². The van der Waals surface area contributed by atoms with Gasteiger partial charge in [0.1, 0.15) is 6.54 Å². The maximum absolute atomic E-state index is 10.6. The number of hydrogen-bond donors (Lipinski definition) is 1. The van der Waals surface area contributed by atoms with E-state index in [2.05, 4.69) is 22.4 Å². The van der Waals surface area contributed by atoms with Crippen molar-refractivity contribution in [2.24, 2.45) is 5.92 Å². The van der Waals surface area contributed by atoms with Crippen molar-refractivity contribution in [3.8, 4) is 0 Å². The second-order valence-corrected chi connectivity index (χ2v) is 5.79. The Kier molecular flexibility index (Phi) is 3.98. The van der Waals surface area contributed by atoms with Crippen LogP contribution in [-0.2, 0) is 11.3 Å². The fourth-order valence-electron chi connectivity index (χ4n) is 2.14. The summed E-state index contributed by atoms with van der Waals surface area (Å²) in [6, 6.07) is 0.